The molecule has 0 aliphatic heterocycles. The van der Waals surface area contributed by atoms with Gasteiger partial charge in [-0.05, 0) is 12.1 Å². The average molecular weight is 336 g/mol. The van der Waals surface area contributed by atoms with Gasteiger partial charge in [-0.15, -0.1) is 11.3 Å². The Morgan fingerprint density at radius 1 is 1.12 bits per heavy atom. The van der Waals surface area contributed by atoms with Crippen molar-refractivity contribution in [3.63, 3.8) is 0 Å². The molecule has 0 saturated carbocycles. The van der Waals surface area contributed by atoms with Crippen LogP contribution in [0.1, 0.15) is 0 Å². The predicted molar refractivity (Wildman–Crippen MR) is 95.0 cm³/mol. The molecule has 118 valence electrons. The maximum Gasteiger partial charge on any atom is 0.270 e. The van der Waals surface area contributed by atoms with Crippen LogP contribution in [0.2, 0.25) is 0 Å². The molecule has 0 fully saturated rings. The molecule has 2 aromatic heterocycles. The number of nitro groups is 1. The van der Waals surface area contributed by atoms with Crippen LogP contribution < -0.4 is 5.73 Å². The molecule has 0 spiro atoms. The van der Waals surface area contributed by atoms with Gasteiger partial charge in [-0.3, -0.25) is 14.5 Å². The molecule has 2 N–H and O–H groups in total. The number of nitrogen functional groups attached to an aromatic ring is 1. The topological polar surface area (TPSA) is 86.5 Å². The van der Waals surface area contributed by atoms with Gasteiger partial charge in [-0.2, -0.15) is 0 Å². The van der Waals surface area contributed by atoms with E-state index < -0.39 is 0 Å². The highest BCUT2D eigenvalue weighted by atomic mass is 32.1. The van der Waals surface area contributed by atoms with E-state index >= 15 is 0 Å². The summed E-state index contributed by atoms with van der Waals surface area (Å²) in [6.45, 7) is 0. The molecule has 0 atom stereocenters. The van der Waals surface area contributed by atoms with E-state index in [0.29, 0.717) is 5.69 Å². The smallest absolute Gasteiger partial charge is 0.270 e. The molecule has 2 aromatic carbocycles. The van der Waals surface area contributed by atoms with Crippen LogP contribution in [0.3, 0.4) is 0 Å². The summed E-state index contributed by atoms with van der Waals surface area (Å²) in [5, 5.41) is 12.9. The minimum Gasteiger partial charge on any atom is -0.399 e. The summed E-state index contributed by atoms with van der Waals surface area (Å²) in [5.74, 6) is 0. The fourth-order valence-electron chi connectivity index (χ4n) is 2.61. The third kappa shape index (κ3) is 2.40. The van der Waals surface area contributed by atoms with Crippen molar-refractivity contribution in [2.75, 3.05) is 5.73 Å². The Balaban J connectivity index is 1.83. The zero-order chi connectivity index (χ0) is 16.7. The van der Waals surface area contributed by atoms with Crippen molar-refractivity contribution in [1.82, 2.24) is 9.38 Å². The summed E-state index contributed by atoms with van der Waals surface area (Å²) in [6.07, 6.45) is 1.93. The second-order valence-electron chi connectivity index (χ2n) is 5.33. The number of aromatic nitrogens is 2. The number of rotatable bonds is 3. The number of fused-ring (bicyclic) bond motifs is 1. The Kier molecular flexibility index (Phi) is 3.28. The van der Waals surface area contributed by atoms with E-state index in [1.807, 2.05) is 46.3 Å². The summed E-state index contributed by atoms with van der Waals surface area (Å²) >= 11 is 1.49. The molecule has 0 aliphatic rings. The van der Waals surface area contributed by atoms with Gasteiger partial charge in [0, 0.05) is 40.5 Å². The Hall–Kier alpha value is -3.19. The molecule has 0 unspecified atom stereocenters. The van der Waals surface area contributed by atoms with Gasteiger partial charge in [0.2, 0.25) is 0 Å². The minimum atomic E-state index is -0.390. The van der Waals surface area contributed by atoms with Gasteiger partial charge in [-0.25, -0.2) is 4.98 Å². The first-order chi connectivity index (χ1) is 11.6. The van der Waals surface area contributed by atoms with Crippen LogP contribution in [-0.4, -0.2) is 14.3 Å². The third-order valence-corrected chi connectivity index (χ3v) is 4.58. The first kappa shape index (κ1) is 14.4. The first-order valence-electron chi connectivity index (χ1n) is 7.19. The summed E-state index contributed by atoms with van der Waals surface area (Å²) in [5.41, 5.74) is 10.0. The molecule has 4 aromatic rings. The number of nitrogens with zero attached hydrogens (tertiary/aromatic N) is 3. The maximum absolute atomic E-state index is 11.0. The van der Waals surface area contributed by atoms with E-state index in [0.717, 1.165) is 27.5 Å². The molecular formula is C17H12N4O2S. The van der Waals surface area contributed by atoms with Crippen LogP contribution in [0.25, 0.3) is 27.5 Å². The van der Waals surface area contributed by atoms with Crippen LogP contribution >= 0.6 is 11.3 Å². The lowest BCUT2D eigenvalue weighted by atomic mass is 10.1. The standard InChI is InChI=1S/C17H12N4O2S/c18-13-5-1-3-11(7-13)15-9-20-16(10-24-17(20)19-15)12-4-2-6-14(8-12)21(22)23/h1-10H,18H2. The van der Waals surface area contributed by atoms with Crippen molar-refractivity contribution in [2.24, 2.45) is 0 Å². The highest BCUT2D eigenvalue weighted by molar-refractivity contribution is 7.15. The van der Waals surface area contributed by atoms with Gasteiger partial charge in [0.15, 0.2) is 4.96 Å². The number of hydrogen-bond donors (Lipinski definition) is 1. The lowest BCUT2D eigenvalue weighted by molar-refractivity contribution is -0.384. The van der Waals surface area contributed by atoms with Crippen LogP contribution in [0.15, 0.2) is 60.1 Å². The van der Waals surface area contributed by atoms with Crippen molar-refractivity contribution in [2.45, 2.75) is 0 Å². The molecule has 0 radical (unpaired) electrons. The van der Waals surface area contributed by atoms with Gasteiger partial charge < -0.3 is 5.73 Å². The van der Waals surface area contributed by atoms with Gasteiger partial charge >= 0.3 is 0 Å². The first-order valence-corrected chi connectivity index (χ1v) is 8.07. The number of imidazole rings is 1. The molecule has 24 heavy (non-hydrogen) atoms. The lowest BCUT2D eigenvalue weighted by Crippen LogP contribution is -1.89. The van der Waals surface area contributed by atoms with Crippen molar-refractivity contribution < 1.29 is 4.92 Å². The molecule has 0 amide bonds. The van der Waals surface area contributed by atoms with Crippen LogP contribution in [0.4, 0.5) is 11.4 Å². The molecular weight excluding hydrogens is 324 g/mol. The van der Waals surface area contributed by atoms with Gasteiger partial charge in [0.1, 0.15) is 0 Å². The number of thiazole rings is 1. The van der Waals surface area contributed by atoms with Gasteiger partial charge in [0.05, 0.1) is 16.3 Å². The van der Waals surface area contributed by atoms with E-state index in [9.17, 15) is 10.1 Å². The second-order valence-corrected chi connectivity index (χ2v) is 6.17. The van der Waals surface area contributed by atoms with Gasteiger partial charge in [0.25, 0.3) is 5.69 Å². The maximum atomic E-state index is 11.0. The zero-order valence-electron chi connectivity index (χ0n) is 12.4. The van der Waals surface area contributed by atoms with Crippen molar-refractivity contribution >= 4 is 27.7 Å². The third-order valence-electron chi connectivity index (χ3n) is 3.74. The highest BCUT2D eigenvalue weighted by Gasteiger charge is 2.13. The van der Waals surface area contributed by atoms with Crippen LogP contribution in [-0.2, 0) is 0 Å². The predicted octanol–water partition coefficient (Wildman–Crippen LogP) is 4.22. The van der Waals surface area contributed by atoms with Gasteiger partial charge in [-0.1, -0.05) is 24.3 Å². The number of anilines is 1. The number of hydrogen-bond acceptors (Lipinski definition) is 5. The fourth-order valence-corrected chi connectivity index (χ4v) is 3.49. The number of benzene rings is 2. The SMILES string of the molecule is Nc1cccc(-c2cn3c(-c4cccc([N+](=O)[O-])c4)csc3n2)c1. The number of nitro benzene ring substituents is 1. The Morgan fingerprint density at radius 3 is 2.71 bits per heavy atom. The summed E-state index contributed by atoms with van der Waals surface area (Å²) in [7, 11) is 0. The normalized spacial score (nSPS) is 11.0. The molecule has 0 aliphatic carbocycles. The van der Waals surface area contributed by atoms with Crippen LogP contribution in [0.5, 0.6) is 0 Å². The number of nitrogens with two attached hydrogens (primary N) is 1. The Morgan fingerprint density at radius 2 is 1.92 bits per heavy atom. The van der Waals surface area contributed by atoms with Crippen molar-refractivity contribution in [1.29, 1.82) is 0 Å². The summed E-state index contributed by atoms with van der Waals surface area (Å²) < 4.78 is 1.95. The fraction of sp³-hybridized carbons (Fsp3) is 0. The second kappa shape index (κ2) is 5.47. The molecule has 0 bridgehead atoms. The minimum absolute atomic E-state index is 0.0722. The molecule has 7 heteroatoms. The Labute approximate surface area is 141 Å². The van der Waals surface area contributed by atoms with E-state index in [4.69, 9.17) is 5.73 Å². The quantitative estimate of drug-likeness (QED) is 0.345. The Bertz CT molecular complexity index is 1070. The van der Waals surface area contributed by atoms with E-state index in [2.05, 4.69) is 4.98 Å². The summed E-state index contributed by atoms with van der Waals surface area (Å²) in [4.78, 5) is 16.0. The highest BCUT2D eigenvalue weighted by Crippen LogP contribution is 2.31. The lowest BCUT2D eigenvalue weighted by Gasteiger charge is -2.00. The van der Waals surface area contributed by atoms with E-state index in [-0.39, 0.29) is 10.6 Å². The number of non-ortho nitro benzene ring substituents is 1. The van der Waals surface area contributed by atoms with E-state index in [1.165, 1.54) is 17.4 Å². The van der Waals surface area contributed by atoms with E-state index in [1.54, 1.807) is 12.1 Å². The largest absolute Gasteiger partial charge is 0.399 e. The average Bonchev–Trinajstić information content (AvgIpc) is 3.15. The monoisotopic (exact) mass is 336 g/mol. The molecule has 4 rings (SSSR count). The summed E-state index contributed by atoms with van der Waals surface area (Å²) in [6, 6.07) is 14.1. The zero-order valence-corrected chi connectivity index (χ0v) is 13.2. The van der Waals surface area contributed by atoms with Crippen molar-refractivity contribution in [3.8, 4) is 22.5 Å². The molecule has 6 nitrogen and oxygen atoms in total. The molecule has 0 saturated heterocycles. The van der Waals surface area contributed by atoms with Crippen molar-refractivity contribution in [3.05, 3.63) is 70.2 Å². The van der Waals surface area contributed by atoms with Crippen LogP contribution in [0, 0.1) is 10.1 Å². The molecule has 2 heterocycles.